The Balaban J connectivity index is 2.10. The van der Waals surface area contributed by atoms with Crippen LogP contribution >= 0.6 is 11.6 Å². The van der Waals surface area contributed by atoms with Crippen LogP contribution < -0.4 is 5.32 Å². The Morgan fingerprint density at radius 1 is 1.00 bits per heavy atom. The van der Waals surface area contributed by atoms with Gasteiger partial charge in [-0.2, -0.15) is 13.2 Å². The number of benzene rings is 2. The average molecular weight is 382 g/mol. The van der Waals surface area contributed by atoms with Crippen molar-refractivity contribution in [2.24, 2.45) is 0 Å². The third-order valence-electron chi connectivity index (χ3n) is 3.76. The van der Waals surface area contributed by atoms with E-state index in [0.29, 0.717) is 0 Å². The van der Waals surface area contributed by atoms with Crippen LogP contribution in [0.2, 0.25) is 5.02 Å². The molecule has 0 heterocycles. The van der Waals surface area contributed by atoms with Gasteiger partial charge in [-0.1, -0.05) is 56.6 Å². The van der Waals surface area contributed by atoms with Gasteiger partial charge in [-0.3, -0.25) is 4.79 Å². The van der Waals surface area contributed by atoms with E-state index in [2.05, 4.69) is 26.1 Å². The molecule has 0 radical (unpaired) electrons. The molecule has 0 aliphatic rings. The number of nitrogens with one attached hydrogen (secondary N) is 1. The molecule has 1 amide bonds. The molecule has 0 saturated carbocycles. The molecule has 0 fully saturated rings. The van der Waals surface area contributed by atoms with Crippen molar-refractivity contribution in [2.75, 3.05) is 5.32 Å². The normalized spacial score (nSPS) is 12.4. The molecule has 0 atom stereocenters. The molecule has 2 rings (SSSR count). The van der Waals surface area contributed by atoms with Gasteiger partial charge < -0.3 is 5.32 Å². The summed E-state index contributed by atoms with van der Waals surface area (Å²) >= 11 is 5.86. The van der Waals surface area contributed by atoms with Crippen LogP contribution in [0.1, 0.15) is 37.5 Å². The van der Waals surface area contributed by atoms with Crippen molar-refractivity contribution in [3.05, 3.63) is 70.3 Å². The van der Waals surface area contributed by atoms with Gasteiger partial charge in [-0.15, -0.1) is 0 Å². The Kier molecular flexibility index (Phi) is 5.81. The van der Waals surface area contributed by atoms with E-state index in [1.807, 2.05) is 24.3 Å². The number of hydrogen-bond acceptors (Lipinski definition) is 1. The van der Waals surface area contributed by atoms with Crippen LogP contribution in [0.3, 0.4) is 0 Å². The van der Waals surface area contributed by atoms with Crippen molar-refractivity contribution in [1.82, 2.24) is 0 Å². The number of anilines is 1. The Bertz CT molecular complexity index is 818. The lowest BCUT2D eigenvalue weighted by molar-refractivity contribution is -0.137. The Morgan fingerprint density at radius 2 is 1.58 bits per heavy atom. The van der Waals surface area contributed by atoms with Crippen LogP contribution in [-0.4, -0.2) is 5.91 Å². The Labute approximate surface area is 155 Å². The van der Waals surface area contributed by atoms with Crippen LogP contribution in [0.25, 0.3) is 6.08 Å². The van der Waals surface area contributed by atoms with Gasteiger partial charge in [0.25, 0.3) is 0 Å². The first kappa shape index (κ1) is 20.0. The van der Waals surface area contributed by atoms with E-state index >= 15 is 0 Å². The minimum atomic E-state index is -4.51. The lowest BCUT2D eigenvalue weighted by Crippen LogP contribution is -2.11. The number of rotatable bonds is 3. The second-order valence-corrected chi connectivity index (χ2v) is 7.29. The third kappa shape index (κ3) is 5.36. The molecular weight excluding hydrogens is 363 g/mol. The Morgan fingerprint density at radius 3 is 2.12 bits per heavy atom. The molecule has 0 unspecified atom stereocenters. The lowest BCUT2D eigenvalue weighted by atomic mass is 9.87. The summed E-state index contributed by atoms with van der Waals surface area (Å²) in [6, 6.07) is 10.5. The summed E-state index contributed by atoms with van der Waals surface area (Å²) in [7, 11) is 0. The first-order valence-corrected chi connectivity index (χ1v) is 8.31. The SMILES string of the molecule is CC(C)(C)c1ccc(/C=C/C(=O)Nc2cc(C(F)(F)F)ccc2Cl)cc1. The van der Waals surface area contributed by atoms with Gasteiger partial charge in [0.15, 0.2) is 0 Å². The molecule has 0 saturated heterocycles. The molecule has 0 aliphatic heterocycles. The molecule has 26 heavy (non-hydrogen) atoms. The van der Waals surface area contributed by atoms with E-state index in [1.165, 1.54) is 6.08 Å². The van der Waals surface area contributed by atoms with Crippen LogP contribution in [0.4, 0.5) is 18.9 Å². The highest BCUT2D eigenvalue weighted by Crippen LogP contribution is 2.33. The average Bonchev–Trinajstić information content (AvgIpc) is 2.53. The van der Waals surface area contributed by atoms with E-state index in [-0.39, 0.29) is 16.1 Å². The highest BCUT2D eigenvalue weighted by molar-refractivity contribution is 6.33. The predicted molar refractivity (Wildman–Crippen MR) is 99.3 cm³/mol. The van der Waals surface area contributed by atoms with Crippen LogP contribution in [0.15, 0.2) is 48.5 Å². The fraction of sp³-hybridized carbons (Fsp3) is 0.250. The number of amides is 1. The summed E-state index contributed by atoms with van der Waals surface area (Å²) in [5, 5.41) is 2.41. The summed E-state index contributed by atoms with van der Waals surface area (Å²) in [6.45, 7) is 6.30. The lowest BCUT2D eigenvalue weighted by Gasteiger charge is -2.18. The van der Waals surface area contributed by atoms with Crippen LogP contribution in [0.5, 0.6) is 0 Å². The summed E-state index contributed by atoms with van der Waals surface area (Å²) in [5.74, 6) is -0.564. The fourth-order valence-corrected chi connectivity index (χ4v) is 2.40. The van der Waals surface area contributed by atoms with Crippen molar-refractivity contribution in [2.45, 2.75) is 32.4 Å². The van der Waals surface area contributed by atoms with E-state index < -0.39 is 17.6 Å². The van der Waals surface area contributed by atoms with Crippen molar-refractivity contribution in [3.63, 3.8) is 0 Å². The molecule has 0 aliphatic carbocycles. The smallest absolute Gasteiger partial charge is 0.321 e. The van der Waals surface area contributed by atoms with Crippen molar-refractivity contribution in [3.8, 4) is 0 Å². The van der Waals surface area contributed by atoms with E-state index in [1.54, 1.807) is 6.08 Å². The van der Waals surface area contributed by atoms with Crippen molar-refractivity contribution < 1.29 is 18.0 Å². The molecule has 138 valence electrons. The summed E-state index contributed by atoms with van der Waals surface area (Å²) < 4.78 is 38.3. The van der Waals surface area contributed by atoms with Gasteiger partial charge in [-0.25, -0.2) is 0 Å². The van der Waals surface area contributed by atoms with Gasteiger partial charge in [0.1, 0.15) is 0 Å². The molecule has 0 spiro atoms. The maximum absolute atomic E-state index is 12.8. The molecule has 6 heteroatoms. The molecule has 0 bridgehead atoms. The molecule has 0 aromatic heterocycles. The first-order chi connectivity index (χ1) is 12.0. The quantitative estimate of drug-likeness (QED) is 0.620. The van der Waals surface area contributed by atoms with E-state index in [4.69, 9.17) is 11.6 Å². The molecule has 2 aromatic rings. The van der Waals surface area contributed by atoms with Gasteiger partial charge in [0, 0.05) is 6.08 Å². The predicted octanol–water partition coefficient (Wildman–Crippen LogP) is 6.31. The van der Waals surface area contributed by atoms with Gasteiger partial charge in [0.2, 0.25) is 5.91 Å². The first-order valence-electron chi connectivity index (χ1n) is 7.93. The maximum Gasteiger partial charge on any atom is 0.416 e. The van der Waals surface area contributed by atoms with Crippen molar-refractivity contribution in [1.29, 1.82) is 0 Å². The zero-order valence-corrected chi connectivity index (χ0v) is 15.4. The highest BCUT2D eigenvalue weighted by Gasteiger charge is 2.31. The number of carbonyl (C=O) groups excluding carboxylic acids is 1. The largest absolute Gasteiger partial charge is 0.416 e. The second-order valence-electron chi connectivity index (χ2n) is 6.89. The number of halogens is 4. The van der Waals surface area contributed by atoms with Gasteiger partial charge in [0.05, 0.1) is 16.3 Å². The molecule has 2 nitrogen and oxygen atoms in total. The van der Waals surface area contributed by atoms with Crippen LogP contribution in [0, 0.1) is 0 Å². The number of alkyl halides is 3. The highest BCUT2D eigenvalue weighted by atomic mass is 35.5. The minimum absolute atomic E-state index is 0.0276. The second kappa shape index (κ2) is 7.54. The monoisotopic (exact) mass is 381 g/mol. The van der Waals surface area contributed by atoms with E-state index in [9.17, 15) is 18.0 Å². The summed E-state index contributed by atoms with van der Waals surface area (Å²) in [5.41, 5.74) is 1.04. The zero-order valence-electron chi connectivity index (χ0n) is 14.6. The maximum atomic E-state index is 12.8. The van der Waals surface area contributed by atoms with Crippen molar-refractivity contribution >= 4 is 29.3 Å². The standard InChI is InChI=1S/C20H19ClF3NO/c1-19(2,3)14-7-4-13(5-8-14)6-11-18(26)25-17-12-15(20(22,23)24)9-10-16(17)21/h4-12H,1-3H3,(H,25,26)/b11-6+. The molecule has 2 aromatic carbocycles. The van der Waals surface area contributed by atoms with E-state index in [0.717, 1.165) is 29.3 Å². The fourth-order valence-electron chi connectivity index (χ4n) is 2.24. The number of carbonyl (C=O) groups is 1. The topological polar surface area (TPSA) is 29.1 Å². The number of hydrogen-bond donors (Lipinski definition) is 1. The minimum Gasteiger partial charge on any atom is -0.321 e. The molecule has 1 N–H and O–H groups in total. The van der Waals surface area contributed by atoms with Gasteiger partial charge in [-0.05, 0) is 40.8 Å². The summed E-state index contributed by atoms with van der Waals surface area (Å²) in [4.78, 5) is 12.0. The van der Waals surface area contributed by atoms with Gasteiger partial charge >= 0.3 is 6.18 Å². The van der Waals surface area contributed by atoms with Crippen LogP contribution in [-0.2, 0) is 16.4 Å². The third-order valence-corrected chi connectivity index (χ3v) is 4.09. The summed E-state index contributed by atoms with van der Waals surface area (Å²) in [6.07, 6.45) is -1.67. The molecular formula is C20H19ClF3NO. The Hall–Kier alpha value is -2.27. The zero-order chi connectivity index (χ0) is 19.5.